The van der Waals surface area contributed by atoms with E-state index in [1.54, 1.807) is 0 Å². The lowest BCUT2D eigenvalue weighted by molar-refractivity contribution is -0.124. The molecule has 3 aliphatic rings. The van der Waals surface area contributed by atoms with E-state index in [1.807, 2.05) is 6.20 Å². The molecule has 2 aromatic rings. The van der Waals surface area contributed by atoms with Crippen molar-refractivity contribution in [2.45, 2.75) is 70.3 Å². The van der Waals surface area contributed by atoms with Crippen LogP contribution in [-0.4, -0.2) is 53.6 Å². The molecule has 1 unspecified atom stereocenters. The molecule has 6 heteroatoms. The Hall–Kier alpha value is -2.18. The predicted octanol–water partition coefficient (Wildman–Crippen LogP) is 4.22. The van der Waals surface area contributed by atoms with Gasteiger partial charge in [0.15, 0.2) is 0 Å². The van der Waals surface area contributed by atoms with Gasteiger partial charge in [0.25, 0.3) is 0 Å². The molecule has 1 saturated carbocycles. The van der Waals surface area contributed by atoms with Crippen LogP contribution in [0, 0.1) is 11.3 Å². The number of amides is 1. The molecule has 34 heavy (non-hydrogen) atoms. The first kappa shape index (κ1) is 23.6. The maximum Gasteiger partial charge on any atom is 0.223 e. The number of aryl methyl sites for hydroxylation is 1. The Morgan fingerprint density at radius 2 is 1.94 bits per heavy atom. The van der Waals surface area contributed by atoms with Gasteiger partial charge in [0, 0.05) is 55.9 Å². The van der Waals surface area contributed by atoms with E-state index in [4.69, 9.17) is 4.74 Å². The van der Waals surface area contributed by atoms with Crippen LogP contribution in [0.1, 0.15) is 69.0 Å². The standard InChI is InChI=1S/C28H40N4O2/c1-2-3-9-25-29-19-23(31-25)20-32-14-10-27(11-15-32)18-24(27)26(33)30-21-28(12-16-34-17-13-28)22-7-5-4-6-8-22/h4-8,19,24H,2-3,9-18,20-21H2,1H3,(H,29,31)(H,30,33). The Morgan fingerprint density at radius 1 is 1.18 bits per heavy atom. The third-order valence-corrected chi connectivity index (χ3v) is 8.64. The summed E-state index contributed by atoms with van der Waals surface area (Å²) in [5, 5.41) is 3.37. The van der Waals surface area contributed by atoms with Gasteiger partial charge in [0.2, 0.25) is 5.91 Å². The van der Waals surface area contributed by atoms with Gasteiger partial charge >= 0.3 is 0 Å². The fourth-order valence-electron chi connectivity index (χ4n) is 6.13. The van der Waals surface area contributed by atoms with Crippen molar-refractivity contribution < 1.29 is 9.53 Å². The van der Waals surface area contributed by atoms with E-state index < -0.39 is 0 Å². The zero-order valence-corrected chi connectivity index (χ0v) is 20.7. The summed E-state index contributed by atoms with van der Waals surface area (Å²) >= 11 is 0. The van der Waals surface area contributed by atoms with Crippen molar-refractivity contribution in [1.29, 1.82) is 0 Å². The molecule has 1 aromatic carbocycles. The lowest BCUT2D eigenvalue weighted by atomic mass is 9.74. The number of ether oxygens (including phenoxy) is 1. The van der Waals surface area contributed by atoms with Gasteiger partial charge in [0.05, 0.1) is 0 Å². The van der Waals surface area contributed by atoms with Crippen LogP contribution in [0.15, 0.2) is 36.5 Å². The fraction of sp³-hybridized carbons (Fsp3) is 0.643. The number of nitrogens with one attached hydrogen (secondary N) is 2. The maximum absolute atomic E-state index is 13.2. The van der Waals surface area contributed by atoms with E-state index in [-0.39, 0.29) is 22.7 Å². The lowest BCUT2D eigenvalue weighted by Gasteiger charge is -2.38. The van der Waals surface area contributed by atoms with Crippen LogP contribution >= 0.6 is 0 Å². The number of carbonyl (C=O) groups is 1. The van der Waals surface area contributed by atoms with Crippen LogP contribution in [0.2, 0.25) is 0 Å². The third-order valence-electron chi connectivity index (χ3n) is 8.64. The van der Waals surface area contributed by atoms with Crippen molar-refractivity contribution in [3.8, 4) is 0 Å². The van der Waals surface area contributed by atoms with Crippen molar-refractivity contribution in [1.82, 2.24) is 20.2 Å². The molecule has 0 bridgehead atoms. The van der Waals surface area contributed by atoms with E-state index in [1.165, 1.54) is 24.1 Å². The minimum absolute atomic E-state index is 0.000641. The highest BCUT2D eigenvalue weighted by molar-refractivity contribution is 5.82. The number of unbranched alkanes of at least 4 members (excludes halogenated alkanes) is 1. The Bertz CT molecular complexity index is 942. The molecule has 1 atom stereocenters. The number of H-pyrrole nitrogens is 1. The van der Waals surface area contributed by atoms with Gasteiger partial charge in [-0.3, -0.25) is 9.69 Å². The summed E-state index contributed by atoms with van der Waals surface area (Å²) in [6.45, 7) is 7.54. The quantitative estimate of drug-likeness (QED) is 0.583. The van der Waals surface area contributed by atoms with Crippen molar-refractivity contribution in [3.05, 3.63) is 53.6 Å². The molecular weight excluding hydrogens is 424 g/mol. The molecule has 2 saturated heterocycles. The molecule has 2 N–H and O–H groups in total. The molecule has 1 aromatic heterocycles. The fourth-order valence-corrected chi connectivity index (χ4v) is 6.13. The monoisotopic (exact) mass is 464 g/mol. The molecule has 6 nitrogen and oxygen atoms in total. The topological polar surface area (TPSA) is 70.2 Å². The predicted molar refractivity (Wildman–Crippen MR) is 133 cm³/mol. The molecule has 0 radical (unpaired) electrons. The molecule has 184 valence electrons. The van der Waals surface area contributed by atoms with Gasteiger partial charge in [-0.05, 0) is 62.6 Å². The van der Waals surface area contributed by atoms with Crippen molar-refractivity contribution in [3.63, 3.8) is 0 Å². The van der Waals surface area contributed by atoms with Gasteiger partial charge in [-0.25, -0.2) is 4.98 Å². The van der Waals surface area contributed by atoms with Crippen LogP contribution in [0.5, 0.6) is 0 Å². The average Bonchev–Trinajstić information content (AvgIpc) is 3.40. The highest BCUT2D eigenvalue weighted by Crippen LogP contribution is 2.59. The summed E-state index contributed by atoms with van der Waals surface area (Å²) < 4.78 is 5.65. The van der Waals surface area contributed by atoms with E-state index in [0.29, 0.717) is 0 Å². The second-order valence-corrected chi connectivity index (χ2v) is 10.8. The third kappa shape index (κ3) is 5.08. The van der Waals surface area contributed by atoms with Crippen LogP contribution in [-0.2, 0) is 27.9 Å². The van der Waals surface area contributed by atoms with Crippen LogP contribution in [0.4, 0.5) is 0 Å². The van der Waals surface area contributed by atoms with Crippen molar-refractivity contribution in [2.75, 3.05) is 32.8 Å². The maximum atomic E-state index is 13.2. The minimum atomic E-state index is 0.000641. The summed E-state index contributed by atoms with van der Waals surface area (Å²) in [4.78, 5) is 23.7. The smallest absolute Gasteiger partial charge is 0.223 e. The molecule has 1 spiro atoms. The minimum Gasteiger partial charge on any atom is -0.381 e. The first-order valence-electron chi connectivity index (χ1n) is 13.3. The van der Waals surface area contributed by atoms with Crippen LogP contribution in [0.25, 0.3) is 0 Å². The Labute approximate surface area is 203 Å². The zero-order chi connectivity index (χ0) is 23.4. The van der Waals surface area contributed by atoms with Crippen LogP contribution < -0.4 is 5.32 Å². The summed E-state index contributed by atoms with van der Waals surface area (Å²) in [5.41, 5.74) is 2.78. The first-order chi connectivity index (χ1) is 16.6. The number of carbonyl (C=O) groups excluding carboxylic acids is 1. The van der Waals surface area contributed by atoms with Gasteiger partial charge in [-0.15, -0.1) is 0 Å². The number of benzene rings is 1. The van der Waals surface area contributed by atoms with Crippen LogP contribution in [0.3, 0.4) is 0 Å². The molecule has 3 heterocycles. The largest absolute Gasteiger partial charge is 0.381 e. The number of aromatic nitrogens is 2. The van der Waals surface area contributed by atoms with E-state index >= 15 is 0 Å². The van der Waals surface area contributed by atoms with E-state index in [2.05, 4.69) is 57.4 Å². The average molecular weight is 465 g/mol. The van der Waals surface area contributed by atoms with Gasteiger partial charge in [0.1, 0.15) is 5.82 Å². The summed E-state index contributed by atoms with van der Waals surface area (Å²) in [7, 11) is 0. The molecule has 1 aliphatic carbocycles. The summed E-state index contributed by atoms with van der Waals surface area (Å²) in [5.74, 6) is 1.57. The zero-order valence-electron chi connectivity index (χ0n) is 20.7. The Kier molecular flexibility index (Phi) is 7.07. The van der Waals surface area contributed by atoms with Crippen molar-refractivity contribution >= 4 is 5.91 Å². The normalized spacial score (nSPS) is 23.6. The molecule has 3 fully saturated rings. The van der Waals surface area contributed by atoms with Gasteiger partial charge < -0.3 is 15.0 Å². The first-order valence-corrected chi connectivity index (χ1v) is 13.3. The van der Waals surface area contributed by atoms with E-state index in [0.717, 1.165) is 83.7 Å². The SMILES string of the molecule is CCCCc1ncc(CN2CCC3(CC2)CC3C(=O)NCC2(c3ccccc3)CCOCC2)[nH]1. The highest BCUT2D eigenvalue weighted by atomic mass is 16.5. The molecular formula is C28H40N4O2. The van der Waals surface area contributed by atoms with E-state index in [9.17, 15) is 4.79 Å². The number of hydrogen-bond acceptors (Lipinski definition) is 4. The number of imidazole rings is 1. The number of likely N-dealkylation sites (tertiary alicyclic amines) is 1. The van der Waals surface area contributed by atoms with Gasteiger partial charge in [-0.1, -0.05) is 43.7 Å². The van der Waals surface area contributed by atoms with Gasteiger partial charge in [-0.2, -0.15) is 0 Å². The second-order valence-electron chi connectivity index (χ2n) is 10.8. The number of rotatable bonds is 9. The number of nitrogens with zero attached hydrogens (tertiary/aromatic N) is 2. The number of aromatic amines is 1. The highest BCUT2D eigenvalue weighted by Gasteiger charge is 2.58. The number of piperidine rings is 1. The number of hydrogen-bond donors (Lipinski definition) is 2. The lowest BCUT2D eigenvalue weighted by Crippen LogP contribution is -2.45. The molecule has 2 aliphatic heterocycles. The Morgan fingerprint density at radius 3 is 2.68 bits per heavy atom. The van der Waals surface area contributed by atoms with Crippen molar-refractivity contribution in [2.24, 2.45) is 11.3 Å². The summed E-state index contributed by atoms with van der Waals surface area (Å²) in [6, 6.07) is 10.7. The second kappa shape index (κ2) is 10.2. The summed E-state index contributed by atoms with van der Waals surface area (Å²) in [6.07, 6.45) is 10.7. The molecule has 5 rings (SSSR count). The Balaban J connectivity index is 1.11. The molecule has 1 amide bonds.